The van der Waals surface area contributed by atoms with Gasteiger partial charge < -0.3 is 10.4 Å². The predicted molar refractivity (Wildman–Crippen MR) is 50.1 cm³/mol. The highest BCUT2D eigenvalue weighted by molar-refractivity contribution is 7.93. The molecule has 0 aromatic carbocycles. The van der Waals surface area contributed by atoms with Gasteiger partial charge in [0.25, 0.3) is 0 Å². The molecule has 98 valence electrons. The minimum Gasteiger partial charge on any atom is -0.480 e. The molecule has 3 atom stereocenters. The van der Waals surface area contributed by atoms with E-state index in [0.717, 1.165) is 0 Å². The molecule has 0 saturated carbocycles. The largest absolute Gasteiger partial charge is 0.480 e. The first-order valence-corrected chi connectivity index (χ1v) is 6.47. The summed E-state index contributed by atoms with van der Waals surface area (Å²) in [5.41, 5.74) is -2.45. The first-order valence-electron chi connectivity index (χ1n) is 4.86. The zero-order valence-electron chi connectivity index (χ0n) is 8.49. The van der Waals surface area contributed by atoms with E-state index in [1.807, 2.05) is 0 Å². The molecule has 0 spiro atoms. The van der Waals surface area contributed by atoms with Crippen molar-refractivity contribution in [2.75, 3.05) is 13.1 Å². The van der Waals surface area contributed by atoms with Crippen molar-refractivity contribution in [3.05, 3.63) is 0 Å². The second-order valence-electron chi connectivity index (χ2n) is 4.39. The number of fused-ring (bicyclic) bond motifs is 1. The zero-order valence-corrected chi connectivity index (χ0v) is 9.31. The molecule has 2 heterocycles. The van der Waals surface area contributed by atoms with Gasteiger partial charge in [-0.3, -0.25) is 4.79 Å². The summed E-state index contributed by atoms with van der Waals surface area (Å²) in [5.74, 6) is -1.71. The van der Waals surface area contributed by atoms with Gasteiger partial charge >= 0.3 is 12.1 Å². The summed E-state index contributed by atoms with van der Waals surface area (Å²) < 4.78 is 62.5. The molecule has 2 aliphatic rings. The second kappa shape index (κ2) is 3.35. The van der Waals surface area contributed by atoms with Gasteiger partial charge in [0.05, 0.1) is 10.7 Å². The third-order valence-corrected chi connectivity index (χ3v) is 6.14. The molecule has 0 bridgehead atoms. The van der Waals surface area contributed by atoms with Crippen molar-refractivity contribution in [3.63, 3.8) is 0 Å². The van der Waals surface area contributed by atoms with E-state index in [1.165, 1.54) is 0 Å². The number of carboxylic acids is 1. The molecule has 2 fully saturated rings. The molecule has 2 rings (SSSR count). The predicted octanol–water partition coefficient (Wildman–Crippen LogP) is -0.221. The number of aliphatic carboxylic acids is 1. The highest BCUT2D eigenvalue weighted by atomic mass is 32.2. The quantitative estimate of drug-likeness (QED) is 0.690. The maximum atomic E-state index is 13.0. The minimum atomic E-state index is -4.72. The highest BCUT2D eigenvalue weighted by Crippen LogP contribution is 2.54. The average Bonchev–Trinajstić information content (AvgIpc) is 2.64. The molecule has 2 saturated heterocycles. The Balaban J connectivity index is 2.53. The topological polar surface area (TPSA) is 83.5 Å². The molecule has 0 aliphatic carbocycles. The molecule has 1 unspecified atom stereocenters. The maximum Gasteiger partial charge on any atom is 0.397 e. The standard InChI is InChI=1S/C8H10F3NO4S/c9-8(10,11)7-1-4(6(13)14)17(15,16)5(7)2-12-3-7/h4-5,12H,1-3H2,(H,13,14)/t4?,5-,7-/m0/s1. The van der Waals surface area contributed by atoms with E-state index in [-0.39, 0.29) is 6.54 Å². The molecule has 0 aromatic heterocycles. The van der Waals surface area contributed by atoms with Crippen LogP contribution in [0.2, 0.25) is 0 Å². The van der Waals surface area contributed by atoms with Crippen molar-refractivity contribution in [2.45, 2.75) is 23.1 Å². The number of alkyl halides is 3. The third-order valence-electron chi connectivity index (χ3n) is 3.57. The summed E-state index contributed by atoms with van der Waals surface area (Å²) in [7, 11) is -4.29. The summed E-state index contributed by atoms with van der Waals surface area (Å²) in [6.07, 6.45) is -5.62. The van der Waals surface area contributed by atoms with Gasteiger partial charge in [-0.1, -0.05) is 0 Å². The van der Waals surface area contributed by atoms with Crippen molar-refractivity contribution >= 4 is 15.8 Å². The fourth-order valence-electron chi connectivity index (χ4n) is 2.64. The van der Waals surface area contributed by atoms with Crippen LogP contribution in [0.15, 0.2) is 0 Å². The van der Waals surface area contributed by atoms with Crippen molar-refractivity contribution in [1.82, 2.24) is 5.32 Å². The molecular formula is C8H10F3NO4S. The van der Waals surface area contributed by atoms with Gasteiger partial charge in [0.1, 0.15) is 0 Å². The monoisotopic (exact) mass is 273 g/mol. The number of hydrogen-bond donors (Lipinski definition) is 2. The van der Waals surface area contributed by atoms with Crippen LogP contribution in [0.1, 0.15) is 6.42 Å². The van der Waals surface area contributed by atoms with E-state index in [2.05, 4.69) is 5.32 Å². The molecule has 2 N–H and O–H groups in total. The second-order valence-corrected chi connectivity index (χ2v) is 6.71. The normalized spacial score (nSPS) is 40.2. The Kier molecular flexibility index (Phi) is 2.48. The summed E-state index contributed by atoms with van der Waals surface area (Å²) >= 11 is 0. The third kappa shape index (κ3) is 1.48. The van der Waals surface area contributed by atoms with E-state index in [9.17, 15) is 26.4 Å². The number of carbonyl (C=O) groups is 1. The molecule has 0 radical (unpaired) electrons. The number of halogens is 3. The van der Waals surface area contributed by atoms with Crippen LogP contribution in [-0.2, 0) is 14.6 Å². The highest BCUT2D eigenvalue weighted by Gasteiger charge is 2.72. The van der Waals surface area contributed by atoms with Gasteiger partial charge in [0.15, 0.2) is 15.1 Å². The van der Waals surface area contributed by atoms with Crippen LogP contribution in [0, 0.1) is 5.41 Å². The van der Waals surface area contributed by atoms with Crippen LogP contribution < -0.4 is 5.32 Å². The number of carboxylic acid groups (broad SMARTS) is 1. The smallest absolute Gasteiger partial charge is 0.397 e. The van der Waals surface area contributed by atoms with Gasteiger partial charge in [0, 0.05) is 13.1 Å². The van der Waals surface area contributed by atoms with Crippen molar-refractivity contribution in [2.24, 2.45) is 5.41 Å². The molecular weight excluding hydrogens is 263 g/mol. The van der Waals surface area contributed by atoms with Crippen LogP contribution in [0.3, 0.4) is 0 Å². The van der Waals surface area contributed by atoms with E-state index >= 15 is 0 Å². The fourth-order valence-corrected chi connectivity index (χ4v) is 5.14. The van der Waals surface area contributed by atoms with E-state index in [1.54, 1.807) is 0 Å². The van der Waals surface area contributed by atoms with Crippen molar-refractivity contribution in [3.8, 4) is 0 Å². The Bertz CT molecular complexity index is 460. The Morgan fingerprint density at radius 2 is 2.00 bits per heavy atom. The zero-order chi connectivity index (χ0) is 13.1. The first kappa shape index (κ1) is 12.6. The van der Waals surface area contributed by atoms with E-state index < -0.39 is 50.9 Å². The molecule has 9 heteroatoms. The van der Waals surface area contributed by atoms with Crippen LogP contribution >= 0.6 is 0 Å². The number of sulfone groups is 1. The Hall–Kier alpha value is -0.830. The summed E-state index contributed by atoms with van der Waals surface area (Å²) in [6.45, 7) is -0.879. The van der Waals surface area contributed by atoms with Gasteiger partial charge in [-0.15, -0.1) is 0 Å². The lowest BCUT2D eigenvalue weighted by Crippen LogP contribution is -2.45. The first-order chi connectivity index (χ1) is 7.63. The molecule has 2 aliphatic heterocycles. The molecule has 0 aromatic rings. The van der Waals surface area contributed by atoms with Crippen LogP contribution in [0.25, 0.3) is 0 Å². The number of hydrogen-bond acceptors (Lipinski definition) is 4. The van der Waals surface area contributed by atoms with E-state index in [0.29, 0.717) is 0 Å². The summed E-state index contributed by atoms with van der Waals surface area (Å²) in [4.78, 5) is 10.8. The summed E-state index contributed by atoms with van der Waals surface area (Å²) in [6, 6.07) is 0. The lowest BCUT2D eigenvalue weighted by Gasteiger charge is -2.29. The lowest BCUT2D eigenvalue weighted by atomic mass is 9.81. The van der Waals surface area contributed by atoms with Crippen molar-refractivity contribution in [1.29, 1.82) is 0 Å². The SMILES string of the molecule is O=C(O)C1C[C@]2(C(F)(F)F)CNC[C@@H]2S1(=O)=O. The lowest BCUT2D eigenvalue weighted by molar-refractivity contribution is -0.215. The molecule has 5 nitrogen and oxygen atoms in total. The van der Waals surface area contributed by atoms with Gasteiger partial charge in [-0.2, -0.15) is 13.2 Å². The minimum absolute atomic E-state index is 0.342. The van der Waals surface area contributed by atoms with Crippen LogP contribution in [0.5, 0.6) is 0 Å². The van der Waals surface area contributed by atoms with Crippen LogP contribution in [-0.4, -0.2) is 49.3 Å². The molecule has 0 amide bonds. The average molecular weight is 273 g/mol. The maximum absolute atomic E-state index is 13.0. The van der Waals surface area contributed by atoms with Gasteiger partial charge in [-0.25, -0.2) is 8.42 Å². The fraction of sp³-hybridized carbons (Fsp3) is 0.875. The number of nitrogens with one attached hydrogen (secondary N) is 1. The van der Waals surface area contributed by atoms with Crippen LogP contribution in [0.4, 0.5) is 13.2 Å². The molecule has 17 heavy (non-hydrogen) atoms. The van der Waals surface area contributed by atoms with Gasteiger partial charge in [-0.05, 0) is 6.42 Å². The Morgan fingerprint density at radius 3 is 2.41 bits per heavy atom. The summed E-state index contributed by atoms with van der Waals surface area (Å²) in [5, 5.41) is 7.48. The van der Waals surface area contributed by atoms with Crippen molar-refractivity contribution < 1.29 is 31.5 Å². The number of rotatable bonds is 1. The Morgan fingerprint density at radius 1 is 1.41 bits per heavy atom. The van der Waals surface area contributed by atoms with E-state index in [4.69, 9.17) is 5.11 Å². The van der Waals surface area contributed by atoms with Gasteiger partial charge in [0.2, 0.25) is 0 Å². The Labute approximate surface area is 94.9 Å².